The van der Waals surface area contributed by atoms with E-state index < -0.39 is 0 Å². The molecule has 6 heteroatoms. The summed E-state index contributed by atoms with van der Waals surface area (Å²) in [7, 11) is 1.58. The minimum absolute atomic E-state index is 0.139. The maximum Gasteiger partial charge on any atom is 0.270 e. The van der Waals surface area contributed by atoms with Crippen molar-refractivity contribution < 1.29 is 14.3 Å². The molecular weight excluding hydrogens is 402 g/mol. The Kier molecular flexibility index (Phi) is 6.59. The van der Waals surface area contributed by atoms with Gasteiger partial charge in [-0.15, -0.1) is 0 Å². The van der Waals surface area contributed by atoms with Crippen LogP contribution in [0.2, 0.25) is 0 Å². The first kappa shape index (κ1) is 21.7. The fourth-order valence-electron chi connectivity index (χ4n) is 4.16. The Bertz CT molecular complexity index is 1140. The van der Waals surface area contributed by atoms with Gasteiger partial charge in [0.1, 0.15) is 11.4 Å². The number of amides is 2. The fourth-order valence-corrected chi connectivity index (χ4v) is 4.16. The third-order valence-corrected chi connectivity index (χ3v) is 5.93. The van der Waals surface area contributed by atoms with Crippen LogP contribution in [0, 0.1) is 0 Å². The molecule has 1 fully saturated rings. The van der Waals surface area contributed by atoms with Crippen LogP contribution >= 0.6 is 0 Å². The van der Waals surface area contributed by atoms with E-state index >= 15 is 0 Å². The number of nitrogens with zero attached hydrogens (tertiary/aromatic N) is 2. The average molecular weight is 432 g/mol. The molecule has 1 aromatic heterocycles. The van der Waals surface area contributed by atoms with E-state index in [2.05, 4.69) is 22.9 Å². The zero-order valence-corrected chi connectivity index (χ0v) is 18.6. The van der Waals surface area contributed by atoms with E-state index in [4.69, 9.17) is 4.74 Å². The molecule has 1 N–H and O–H groups in total. The number of aromatic nitrogens is 1. The van der Waals surface area contributed by atoms with Crippen molar-refractivity contribution in [2.75, 3.05) is 20.2 Å². The molecule has 2 aromatic carbocycles. The van der Waals surface area contributed by atoms with Gasteiger partial charge in [0.25, 0.3) is 11.8 Å². The molecule has 0 bridgehead atoms. The van der Waals surface area contributed by atoms with Gasteiger partial charge >= 0.3 is 0 Å². The molecule has 1 aliphatic rings. The number of fused-ring (bicyclic) bond motifs is 1. The second kappa shape index (κ2) is 9.73. The van der Waals surface area contributed by atoms with Gasteiger partial charge in [0.05, 0.1) is 7.11 Å². The number of ether oxygens (including phenoxy) is 1. The van der Waals surface area contributed by atoms with Crippen molar-refractivity contribution in [3.8, 4) is 5.75 Å². The van der Waals surface area contributed by atoms with Crippen LogP contribution in [0.4, 0.5) is 0 Å². The maximum atomic E-state index is 13.4. The summed E-state index contributed by atoms with van der Waals surface area (Å²) in [5, 5.41) is 3.94. The molecular formula is C26H29N3O3. The van der Waals surface area contributed by atoms with Gasteiger partial charge in [0.2, 0.25) is 0 Å². The highest BCUT2D eigenvalue weighted by Crippen LogP contribution is 2.24. The van der Waals surface area contributed by atoms with Crippen molar-refractivity contribution in [2.45, 2.75) is 32.7 Å². The Morgan fingerprint density at radius 2 is 1.75 bits per heavy atom. The van der Waals surface area contributed by atoms with Gasteiger partial charge in [-0.3, -0.25) is 9.59 Å². The largest absolute Gasteiger partial charge is 0.497 e. The third-order valence-electron chi connectivity index (χ3n) is 5.93. The van der Waals surface area contributed by atoms with Crippen LogP contribution in [-0.4, -0.2) is 41.5 Å². The number of carbonyl (C=O) groups is 2. The zero-order chi connectivity index (χ0) is 22.5. The van der Waals surface area contributed by atoms with Gasteiger partial charge in [0.15, 0.2) is 0 Å². The number of rotatable bonds is 6. The molecule has 32 heavy (non-hydrogen) atoms. The van der Waals surface area contributed by atoms with E-state index in [1.807, 2.05) is 35.4 Å². The normalized spacial score (nSPS) is 14.4. The number of nitrogens with one attached hydrogen (secondary N) is 1. The molecule has 0 aliphatic carbocycles. The van der Waals surface area contributed by atoms with Crippen molar-refractivity contribution in [3.05, 3.63) is 71.6 Å². The minimum atomic E-state index is -0.316. The van der Waals surface area contributed by atoms with Crippen molar-refractivity contribution in [1.82, 2.24) is 14.8 Å². The predicted octanol–water partition coefficient (Wildman–Crippen LogP) is 4.45. The number of piperidine rings is 1. The molecule has 0 atom stereocenters. The SMILES string of the molecule is CCn1cc(C=C(NC(=O)c2ccc(OC)cc2)C(=O)N2CCCCC2)c2ccccc21. The van der Waals surface area contributed by atoms with Crippen LogP contribution in [0.5, 0.6) is 5.75 Å². The van der Waals surface area contributed by atoms with Gasteiger partial charge in [-0.05, 0) is 62.6 Å². The smallest absolute Gasteiger partial charge is 0.270 e. The Morgan fingerprint density at radius 3 is 2.44 bits per heavy atom. The summed E-state index contributed by atoms with van der Waals surface area (Å²) >= 11 is 0. The molecule has 0 saturated carbocycles. The molecule has 166 valence electrons. The van der Waals surface area contributed by atoms with E-state index in [0.29, 0.717) is 30.1 Å². The lowest BCUT2D eigenvalue weighted by Crippen LogP contribution is -2.41. The van der Waals surface area contributed by atoms with E-state index in [1.165, 1.54) is 0 Å². The van der Waals surface area contributed by atoms with Crippen LogP contribution in [0.15, 0.2) is 60.4 Å². The fraction of sp³-hybridized carbons (Fsp3) is 0.308. The lowest BCUT2D eigenvalue weighted by Gasteiger charge is -2.27. The average Bonchev–Trinajstić information content (AvgIpc) is 3.21. The number of carbonyl (C=O) groups excluding carboxylic acids is 2. The second-order valence-corrected chi connectivity index (χ2v) is 7.98. The predicted molar refractivity (Wildman–Crippen MR) is 126 cm³/mol. The Balaban J connectivity index is 1.70. The second-order valence-electron chi connectivity index (χ2n) is 7.98. The Morgan fingerprint density at radius 1 is 1.03 bits per heavy atom. The molecule has 2 amide bonds. The highest BCUT2D eigenvalue weighted by molar-refractivity contribution is 6.06. The number of aryl methyl sites for hydroxylation is 1. The first-order chi connectivity index (χ1) is 15.6. The van der Waals surface area contributed by atoms with Crippen molar-refractivity contribution in [3.63, 3.8) is 0 Å². The summed E-state index contributed by atoms with van der Waals surface area (Å²) in [4.78, 5) is 28.2. The summed E-state index contributed by atoms with van der Waals surface area (Å²) in [6, 6.07) is 15.0. The van der Waals surface area contributed by atoms with Crippen LogP contribution in [-0.2, 0) is 11.3 Å². The molecule has 1 aliphatic heterocycles. The molecule has 0 unspecified atom stereocenters. The van der Waals surface area contributed by atoms with Gasteiger partial charge < -0.3 is 19.5 Å². The van der Waals surface area contributed by atoms with Crippen LogP contribution < -0.4 is 10.1 Å². The number of para-hydroxylation sites is 1. The summed E-state index contributed by atoms with van der Waals surface area (Å²) in [5.74, 6) is 0.220. The first-order valence-corrected chi connectivity index (χ1v) is 11.1. The van der Waals surface area contributed by atoms with E-state index in [0.717, 1.165) is 42.3 Å². The highest BCUT2D eigenvalue weighted by atomic mass is 16.5. The molecule has 0 spiro atoms. The lowest BCUT2D eigenvalue weighted by atomic mass is 10.1. The number of hydrogen-bond acceptors (Lipinski definition) is 3. The first-order valence-electron chi connectivity index (χ1n) is 11.1. The van der Waals surface area contributed by atoms with Crippen molar-refractivity contribution >= 4 is 28.8 Å². The number of methoxy groups -OCH3 is 1. The van der Waals surface area contributed by atoms with E-state index in [1.54, 1.807) is 31.4 Å². The molecule has 6 nitrogen and oxygen atoms in total. The van der Waals surface area contributed by atoms with Crippen LogP contribution in [0.25, 0.3) is 17.0 Å². The maximum absolute atomic E-state index is 13.4. The molecule has 1 saturated heterocycles. The summed E-state index contributed by atoms with van der Waals surface area (Å²) in [6.07, 6.45) is 6.95. The van der Waals surface area contributed by atoms with E-state index in [9.17, 15) is 9.59 Å². The summed E-state index contributed by atoms with van der Waals surface area (Å²) in [6.45, 7) is 4.34. The number of likely N-dealkylation sites (tertiary alicyclic amines) is 1. The Hall–Kier alpha value is -3.54. The van der Waals surface area contributed by atoms with E-state index in [-0.39, 0.29) is 11.8 Å². The Labute approximate surface area is 188 Å². The summed E-state index contributed by atoms with van der Waals surface area (Å²) in [5.41, 5.74) is 2.79. The number of hydrogen-bond donors (Lipinski definition) is 1. The molecule has 4 rings (SSSR count). The van der Waals surface area contributed by atoms with Crippen LogP contribution in [0.3, 0.4) is 0 Å². The zero-order valence-electron chi connectivity index (χ0n) is 18.6. The summed E-state index contributed by atoms with van der Waals surface area (Å²) < 4.78 is 7.32. The highest BCUT2D eigenvalue weighted by Gasteiger charge is 2.23. The van der Waals surface area contributed by atoms with Gasteiger partial charge in [-0.2, -0.15) is 0 Å². The van der Waals surface area contributed by atoms with Crippen LogP contribution in [0.1, 0.15) is 42.1 Å². The molecule has 0 radical (unpaired) electrons. The topological polar surface area (TPSA) is 63.6 Å². The minimum Gasteiger partial charge on any atom is -0.497 e. The lowest BCUT2D eigenvalue weighted by molar-refractivity contribution is -0.128. The number of benzene rings is 2. The van der Waals surface area contributed by atoms with Gasteiger partial charge in [-0.1, -0.05) is 18.2 Å². The monoisotopic (exact) mass is 431 g/mol. The molecule has 3 aromatic rings. The third kappa shape index (κ3) is 4.54. The standard InChI is InChI=1S/C26H29N3O3/c1-3-28-18-20(22-9-5-6-10-24(22)28)17-23(26(31)29-15-7-4-8-16-29)27-25(30)19-11-13-21(32-2)14-12-19/h5-6,9-14,17-18H,3-4,7-8,15-16H2,1-2H3,(H,27,30). The quantitative estimate of drug-likeness (QED) is 0.587. The van der Waals surface area contributed by atoms with Gasteiger partial charge in [-0.25, -0.2) is 0 Å². The van der Waals surface area contributed by atoms with Crippen molar-refractivity contribution in [1.29, 1.82) is 0 Å². The molecule has 2 heterocycles. The van der Waals surface area contributed by atoms with Gasteiger partial charge in [0, 0.05) is 47.9 Å². The van der Waals surface area contributed by atoms with Crippen molar-refractivity contribution in [2.24, 2.45) is 0 Å².